The Morgan fingerprint density at radius 3 is 2.50 bits per heavy atom. The Hall–Kier alpha value is -1.09. The van der Waals surface area contributed by atoms with Crippen LogP contribution in [0.1, 0.15) is 20.1 Å². The second-order valence-corrected chi connectivity index (χ2v) is 6.90. The van der Waals surface area contributed by atoms with Gasteiger partial charge in [-0.1, -0.05) is 23.2 Å². The van der Waals surface area contributed by atoms with Gasteiger partial charge in [-0.25, -0.2) is 4.98 Å². The van der Waals surface area contributed by atoms with Gasteiger partial charge in [0.05, 0.1) is 27.7 Å². The van der Waals surface area contributed by atoms with Gasteiger partial charge in [-0.3, -0.25) is 4.57 Å². The molecule has 1 aliphatic heterocycles. The van der Waals surface area contributed by atoms with E-state index in [1.807, 2.05) is 13.8 Å². The number of nitrogens with one attached hydrogen (secondary N) is 1. The van der Waals surface area contributed by atoms with Gasteiger partial charge in [-0.2, -0.15) is 0 Å². The maximum Gasteiger partial charge on any atom is 0.206 e. The molecule has 0 spiro atoms. The highest BCUT2D eigenvalue weighted by Gasteiger charge is 2.44. The Morgan fingerprint density at radius 1 is 1.25 bits per heavy atom. The molecule has 0 amide bonds. The molecule has 0 aliphatic carbocycles. The van der Waals surface area contributed by atoms with E-state index in [2.05, 4.69) is 10.3 Å². The summed E-state index contributed by atoms with van der Waals surface area (Å²) in [5.41, 5.74) is 1.17. The molecule has 0 bridgehead atoms. The van der Waals surface area contributed by atoms with Gasteiger partial charge in [0.25, 0.3) is 0 Å². The molecule has 132 valence electrons. The number of hydrogen-bond acceptors (Lipinski definition) is 6. The number of halogens is 2. The Balaban J connectivity index is 2.15. The van der Waals surface area contributed by atoms with Crippen LogP contribution in [0.25, 0.3) is 11.0 Å². The number of anilines is 1. The van der Waals surface area contributed by atoms with Crippen molar-refractivity contribution in [3.05, 3.63) is 22.2 Å². The molecule has 2 aromatic rings. The van der Waals surface area contributed by atoms with E-state index in [0.717, 1.165) is 0 Å². The fourth-order valence-corrected chi connectivity index (χ4v) is 3.12. The fraction of sp³-hybridized carbons (Fsp3) is 0.533. The van der Waals surface area contributed by atoms with E-state index in [1.54, 1.807) is 16.7 Å². The Labute approximate surface area is 148 Å². The van der Waals surface area contributed by atoms with Crippen molar-refractivity contribution in [1.82, 2.24) is 9.55 Å². The largest absolute Gasteiger partial charge is 0.394 e. The van der Waals surface area contributed by atoms with Crippen LogP contribution < -0.4 is 5.32 Å². The van der Waals surface area contributed by atoms with E-state index in [1.165, 1.54) is 0 Å². The van der Waals surface area contributed by atoms with Gasteiger partial charge in [0.2, 0.25) is 5.95 Å². The summed E-state index contributed by atoms with van der Waals surface area (Å²) < 4.78 is 7.26. The standard InChI is InChI=1S/C15H19Cl2N3O4/c1-6(2)18-15-19-9-3-7(16)8(17)4-10(9)20(15)14-13(23)12(22)11(5-21)24-14/h3-4,6,11-14,21-23H,5H2,1-2H3,(H,18,19)/t11-,12-,13+,14+/m0/s1. The molecule has 0 unspecified atom stereocenters. The number of imidazole rings is 1. The van der Waals surface area contributed by atoms with E-state index in [0.29, 0.717) is 27.0 Å². The Bertz CT molecular complexity index is 752. The summed E-state index contributed by atoms with van der Waals surface area (Å²) in [7, 11) is 0. The van der Waals surface area contributed by atoms with Gasteiger partial charge in [0.1, 0.15) is 18.3 Å². The van der Waals surface area contributed by atoms with E-state index < -0.39 is 31.1 Å². The summed E-state index contributed by atoms with van der Waals surface area (Å²) in [5, 5.41) is 33.6. The van der Waals surface area contributed by atoms with Crippen molar-refractivity contribution in [2.75, 3.05) is 11.9 Å². The van der Waals surface area contributed by atoms with Crippen LogP contribution in [0.2, 0.25) is 10.0 Å². The van der Waals surface area contributed by atoms with Crippen LogP contribution in [0.5, 0.6) is 0 Å². The highest BCUT2D eigenvalue weighted by atomic mass is 35.5. The summed E-state index contributed by atoms with van der Waals surface area (Å²) >= 11 is 12.2. The smallest absolute Gasteiger partial charge is 0.206 e. The monoisotopic (exact) mass is 375 g/mol. The molecule has 0 radical (unpaired) electrons. The predicted octanol–water partition coefficient (Wildman–Crippen LogP) is 1.77. The van der Waals surface area contributed by atoms with Crippen LogP contribution in [0, 0.1) is 0 Å². The van der Waals surface area contributed by atoms with Crippen molar-refractivity contribution in [3.63, 3.8) is 0 Å². The number of aromatic nitrogens is 2. The molecule has 1 aliphatic rings. The topological polar surface area (TPSA) is 99.8 Å². The highest BCUT2D eigenvalue weighted by Crippen LogP contribution is 2.37. The summed E-state index contributed by atoms with van der Waals surface area (Å²) in [5.74, 6) is 0.452. The lowest BCUT2D eigenvalue weighted by Gasteiger charge is -2.21. The van der Waals surface area contributed by atoms with Crippen LogP contribution in [-0.4, -0.2) is 55.8 Å². The number of hydrogen-bond donors (Lipinski definition) is 4. The van der Waals surface area contributed by atoms with Crippen LogP contribution in [-0.2, 0) is 4.74 Å². The van der Waals surface area contributed by atoms with Gasteiger partial charge in [0, 0.05) is 6.04 Å². The molecular weight excluding hydrogens is 357 g/mol. The molecule has 4 atom stereocenters. The van der Waals surface area contributed by atoms with Gasteiger partial charge in [0.15, 0.2) is 6.23 Å². The molecule has 0 saturated carbocycles. The summed E-state index contributed by atoms with van der Waals surface area (Å²) in [6.07, 6.45) is -4.22. The summed E-state index contributed by atoms with van der Waals surface area (Å²) in [6.45, 7) is 3.49. The second kappa shape index (κ2) is 6.67. The zero-order chi connectivity index (χ0) is 17.6. The van der Waals surface area contributed by atoms with Crippen molar-refractivity contribution in [1.29, 1.82) is 0 Å². The maximum atomic E-state index is 10.4. The predicted molar refractivity (Wildman–Crippen MR) is 91.5 cm³/mol. The van der Waals surface area contributed by atoms with Gasteiger partial charge in [-0.05, 0) is 26.0 Å². The van der Waals surface area contributed by atoms with Crippen LogP contribution in [0.4, 0.5) is 5.95 Å². The van der Waals surface area contributed by atoms with Gasteiger partial charge >= 0.3 is 0 Å². The average Bonchev–Trinajstić information content (AvgIpc) is 2.97. The quantitative estimate of drug-likeness (QED) is 0.649. The van der Waals surface area contributed by atoms with E-state index in [4.69, 9.17) is 27.9 Å². The molecule has 3 rings (SSSR count). The number of rotatable bonds is 4. The zero-order valence-electron chi connectivity index (χ0n) is 13.1. The molecule has 4 N–H and O–H groups in total. The number of benzene rings is 1. The SMILES string of the molecule is CC(C)Nc1nc2cc(Cl)c(Cl)cc2n1[C@@H]1O[C@@H](CO)[C@H](O)[C@H]1O. The minimum Gasteiger partial charge on any atom is -0.394 e. The van der Waals surface area contributed by atoms with Gasteiger partial charge in [-0.15, -0.1) is 0 Å². The minimum atomic E-state index is -1.22. The van der Waals surface area contributed by atoms with Crippen molar-refractivity contribution in [3.8, 4) is 0 Å². The molecule has 1 fully saturated rings. The first-order valence-electron chi connectivity index (χ1n) is 7.59. The zero-order valence-corrected chi connectivity index (χ0v) is 14.7. The molecule has 9 heteroatoms. The van der Waals surface area contributed by atoms with Crippen LogP contribution >= 0.6 is 23.2 Å². The van der Waals surface area contributed by atoms with Gasteiger partial charge < -0.3 is 25.4 Å². The van der Waals surface area contributed by atoms with Crippen molar-refractivity contribution < 1.29 is 20.1 Å². The average molecular weight is 376 g/mol. The van der Waals surface area contributed by atoms with Crippen LogP contribution in [0.3, 0.4) is 0 Å². The molecule has 1 saturated heterocycles. The summed E-state index contributed by atoms with van der Waals surface area (Å²) in [6, 6.07) is 3.33. The number of nitrogens with zero attached hydrogens (tertiary/aromatic N) is 2. The maximum absolute atomic E-state index is 10.4. The Kier molecular flexibility index (Phi) is 4.92. The number of aliphatic hydroxyl groups is 3. The van der Waals surface area contributed by atoms with Crippen molar-refractivity contribution >= 4 is 40.2 Å². The first-order valence-corrected chi connectivity index (χ1v) is 8.35. The molecule has 1 aromatic carbocycles. The lowest BCUT2D eigenvalue weighted by molar-refractivity contribution is -0.0499. The first-order chi connectivity index (χ1) is 11.3. The molecule has 2 heterocycles. The third kappa shape index (κ3) is 2.96. The molecule has 7 nitrogen and oxygen atoms in total. The number of ether oxygens (including phenoxy) is 1. The second-order valence-electron chi connectivity index (χ2n) is 6.09. The van der Waals surface area contributed by atoms with Crippen LogP contribution in [0.15, 0.2) is 12.1 Å². The Morgan fingerprint density at radius 2 is 1.92 bits per heavy atom. The third-order valence-corrected chi connectivity index (χ3v) is 4.64. The summed E-state index contributed by atoms with van der Waals surface area (Å²) in [4.78, 5) is 4.48. The van der Waals surface area contributed by atoms with Crippen molar-refractivity contribution in [2.24, 2.45) is 0 Å². The molecular formula is C15H19Cl2N3O4. The normalized spacial score (nSPS) is 27.3. The van der Waals surface area contributed by atoms with E-state index in [9.17, 15) is 15.3 Å². The highest BCUT2D eigenvalue weighted by molar-refractivity contribution is 6.42. The number of fused-ring (bicyclic) bond motifs is 1. The van der Waals surface area contributed by atoms with E-state index in [-0.39, 0.29) is 6.04 Å². The lowest BCUT2D eigenvalue weighted by Crippen LogP contribution is -2.33. The molecule has 24 heavy (non-hydrogen) atoms. The fourth-order valence-electron chi connectivity index (χ4n) is 2.80. The molecule has 1 aromatic heterocycles. The lowest BCUT2D eigenvalue weighted by atomic mass is 10.1. The van der Waals surface area contributed by atoms with E-state index >= 15 is 0 Å². The van der Waals surface area contributed by atoms with Crippen molar-refractivity contribution in [2.45, 2.75) is 44.4 Å². The third-order valence-electron chi connectivity index (χ3n) is 3.92. The first kappa shape index (κ1) is 17.7. The number of aliphatic hydroxyl groups excluding tert-OH is 3. The minimum absolute atomic E-state index is 0.0728.